The van der Waals surface area contributed by atoms with E-state index in [0.29, 0.717) is 5.92 Å². The van der Waals surface area contributed by atoms with Gasteiger partial charge in [0.25, 0.3) is 0 Å². The molecule has 0 aliphatic carbocycles. The van der Waals surface area contributed by atoms with Gasteiger partial charge in [-0.25, -0.2) is 9.20 Å². The molecule has 1 aliphatic heterocycles. The minimum Gasteiger partial charge on any atom is -0.308 e. The Hall–Kier alpha value is -0.680. The van der Waals surface area contributed by atoms with Gasteiger partial charge in [-0.3, -0.25) is 4.31 Å². The van der Waals surface area contributed by atoms with Crippen molar-refractivity contribution in [1.29, 1.82) is 0 Å². The van der Waals surface area contributed by atoms with Gasteiger partial charge < -0.3 is 4.90 Å². The summed E-state index contributed by atoms with van der Waals surface area (Å²) in [6.45, 7) is 9.64. The van der Waals surface area contributed by atoms with Crippen LogP contribution in [0.25, 0.3) is 0 Å². The molecule has 1 rings (SSSR count). The van der Waals surface area contributed by atoms with Crippen LogP contribution in [0.4, 0.5) is 0 Å². The average Bonchev–Trinajstić information content (AvgIpc) is 2.23. The van der Waals surface area contributed by atoms with Crippen molar-refractivity contribution in [3.63, 3.8) is 0 Å². The molecule has 0 saturated heterocycles. The number of hydrogen-bond donors (Lipinski definition) is 0. The molecule has 0 spiro atoms. The number of hydrogen-bond acceptors (Lipinski definition) is 3. The van der Waals surface area contributed by atoms with Crippen molar-refractivity contribution >= 4 is 16.8 Å². The monoisotopic (exact) mass is 257 g/mol. The van der Waals surface area contributed by atoms with Crippen molar-refractivity contribution in [3.05, 3.63) is 10.6 Å². The Morgan fingerprint density at radius 2 is 1.94 bits per heavy atom. The van der Waals surface area contributed by atoms with Crippen LogP contribution in [0.1, 0.15) is 27.7 Å². The van der Waals surface area contributed by atoms with Crippen molar-refractivity contribution in [2.45, 2.75) is 27.7 Å². The van der Waals surface area contributed by atoms with Gasteiger partial charge in [0.1, 0.15) is 5.84 Å². The van der Waals surface area contributed by atoms with Crippen LogP contribution in [0.3, 0.4) is 0 Å². The van der Waals surface area contributed by atoms with Crippen molar-refractivity contribution in [2.75, 3.05) is 27.2 Å². The number of likely N-dealkylation sites (N-methyl/N-ethyl adjacent to an activating group) is 1. The maximum Gasteiger partial charge on any atom is 0.151 e. The van der Waals surface area contributed by atoms with Gasteiger partial charge in [0.15, 0.2) is 11.0 Å². The highest BCUT2D eigenvalue weighted by Gasteiger charge is 2.26. The van der Waals surface area contributed by atoms with Crippen molar-refractivity contribution in [2.24, 2.45) is 10.9 Å². The summed E-state index contributed by atoms with van der Waals surface area (Å²) in [6, 6.07) is 0. The zero-order valence-corrected chi connectivity index (χ0v) is 12.5. The molecule has 0 N–H and O–H groups in total. The molecule has 0 amide bonds. The van der Waals surface area contributed by atoms with E-state index in [1.807, 2.05) is 32.2 Å². The summed E-state index contributed by atoms with van der Waals surface area (Å²) in [6.07, 6.45) is 0. The highest BCUT2D eigenvalue weighted by molar-refractivity contribution is 7.87. The highest BCUT2D eigenvalue weighted by atomic mass is 32.2. The average molecular weight is 257 g/mol. The van der Waals surface area contributed by atoms with Crippen molar-refractivity contribution < 1.29 is 4.21 Å². The zero-order valence-electron chi connectivity index (χ0n) is 11.6. The lowest BCUT2D eigenvalue weighted by atomic mass is 10.2. The molecule has 98 valence electrons. The Kier molecular flexibility index (Phi) is 4.89. The standard InChI is InChI=1S/C12H23N3OS/c1-9(2)12-13-10(3)11(4)17(16)15(12)8-7-14(5)6/h9H,7-8H2,1-6H3. The second kappa shape index (κ2) is 5.78. The Morgan fingerprint density at radius 3 is 2.41 bits per heavy atom. The largest absolute Gasteiger partial charge is 0.308 e. The van der Waals surface area contributed by atoms with Crippen LogP contribution in [0.15, 0.2) is 15.6 Å². The van der Waals surface area contributed by atoms with E-state index < -0.39 is 11.0 Å². The first-order valence-electron chi connectivity index (χ1n) is 5.94. The summed E-state index contributed by atoms with van der Waals surface area (Å²) in [5, 5.41) is 0. The molecule has 0 radical (unpaired) electrons. The smallest absolute Gasteiger partial charge is 0.151 e. The van der Waals surface area contributed by atoms with Crippen LogP contribution in [0.2, 0.25) is 0 Å². The van der Waals surface area contributed by atoms with E-state index in [1.165, 1.54) is 0 Å². The summed E-state index contributed by atoms with van der Waals surface area (Å²) in [5.41, 5.74) is 0.896. The summed E-state index contributed by atoms with van der Waals surface area (Å²) < 4.78 is 14.3. The molecule has 0 fully saturated rings. The minimum absolute atomic E-state index is 0.296. The number of rotatable bonds is 4. The molecular formula is C12H23N3OS. The van der Waals surface area contributed by atoms with Crippen molar-refractivity contribution in [1.82, 2.24) is 9.21 Å². The lowest BCUT2D eigenvalue weighted by molar-refractivity contribution is 0.382. The fourth-order valence-electron chi connectivity index (χ4n) is 1.59. The maximum absolute atomic E-state index is 12.3. The molecule has 1 aliphatic rings. The quantitative estimate of drug-likeness (QED) is 0.770. The fraction of sp³-hybridized carbons (Fsp3) is 0.750. The number of allylic oxidation sites excluding steroid dienone is 2. The van der Waals surface area contributed by atoms with E-state index in [9.17, 15) is 4.21 Å². The second-order valence-corrected chi connectivity index (χ2v) is 6.47. The van der Waals surface area contributed by atoms with Crippen molar-refractivity contribution in [3.8, 4) is 0 Å². The van der Waals surface area contributed by atoms with Gasteiger partial charge in [-0.2, -0.15) is 0 Å². The number of aliphatic imine (C=N–C) groups is 1. The summed E-state index contributed by atoms with van der Waals surface area (Å²) in [4.78, 5) is 7.54. The molecule has 0 aromatic rings. The third-order valence-electron chi connectivity index (χ3n) is 2.78. The lowest BCUT2D eigenvalue weighted by Crippen LogP contribution is -2.42. The molecule has 1 unspecified atom stereocenters. The van der Waals surface area contributed by atoms with E-state index in [-0.39, 0.29) is 0 Å². The van der Waals surface area contributed by atoms with Gasteiger partial charge in [0.05, 0.1) is 10.6 Å². The molecule has 17 heavy (non-hydrogen) atoms. The molecular weight excluding hydrogens is 234 g/mol. The SMILES string of the molecule is CC1=C(C)S(=O)N(CCN(C)C)C(C(C)C)=N1. The van der Waals surface area contributed by atoms with Crippen LogP contribution in [0.5, 0.6) is 0 Å². The predicted octanol–water partition coefficient (Wildman–Crippen LogP) is 1.83. The fourth-order valence-corrected chi connectivity index (χ4v) is 2.89. The van der Waals surface area contributed by atoms with Gasteiger partial charge in [-0.05, 0) is 27.9 Å². The Labute approximate surface area is 107 Å². The zero-order chi connectivity index (χ0) is 13.2. The van der Waals surface area contributed by atoms with E-state index in [2.05, 4.69) is 23.7 Å². The molecule has 0 aromatic carbocycles. The minimum atomic E-state index is -1.06. The molecule has 0 saturated carbocycles. The van der Waals surface area contributed by atoms with Gasteiger partial charge >= 0.3 is 0 Å². The van der Waals surface area contributed by atoms with Gasteiger partial charge in [0.2, 0.25) is 0 Å². The third-order valence-corrected chi connectivity index (χ3v) is 4.37. The second-order valence-electron chi connectivity index (χ2n) is 4.92. The summed E-state index contributed by atoms with van der Waals surface area (Å²) >= 11 is 0. The molecule has 1 heterocycles. The Balaban J connectivity index is 2.95. The molecule has 0 bridgehead atoms. The Bertz CT molecular complexity index is 372. The molecule has 5 heteroatoms. The first-order chi connectivity index (χ1) is 7.84. The van der Waals surface area contributed by atoms with Crippen LogP contribution < -0.4 is 0 Å². The van der Waals surface area contributed by atoms with Gasteiger partial charge in [0, 0.05) is 19.0 Å². The van der Waals surface area contributed by atoms with Crippen LogP contribution in [-0.4, -0.2) is 46.4 Å². The number of nitrogens with zero attached hydrogens (tertiary/aromatic N) is 3. The first kappa shape index (κ1) is 14.4. The van der Waals surface area contributed by atoms with Crippen LogP contribution in [-0.2, 0) is 11.0 Å². The topological polar surface area (TPSA) is 35.9 Å². The van der Waals surface area contributed by atoms with Crippen LogP contribution >= 0.6 is 0 Å². The van der Waals surface area contributed by atoms with E-state index >= 15 is 0 Å². The maximum atomic E-state index is 12.3. The summed E-state index contributed by atoms with van der Waals surface area (Å²) in [7, 11) is 2.98. The normalized spacial score (nSPS) is 21.5. The Morgan fingerprint density at radius 1 is 1.35 bits per heavy atom. The van der Waals surface area contributed by atoms with Gasteiger partial charge in [-0.1, -0.05) is 13.8 Å². The third kappa shape index (κ3) is 3.39. The molecule has 4 nitrogen and oxygen atoms in total. The van der Waals surface area contributed by atoms with E-state index in [0.717, 1.165) is 29.5 Å². The summed E-state index contributed by atoms with van der Waals surface area (Å²) in [5.74, 6) is 1.23. The van der Waals surface area contributed by atoms with E-state index in [4.69, 9.17) is 0 Å². The van der Waals surface area contributed by atoms with Crippen LogP contribution in [0, 0.1) is 5.92 Å². The van der Waals surface area contributed by atoms with E-state index in [1.54, 1.807) is 0 Å². The highest BCUT2D eigenvalue weighted by Crippen LogP contribution is 2.22. The predicted molar refractivity (Wildman–Crippen MR) is 74.0 cm³/mol. The lowest BCUT2D eigenvalue weighted by Gasteiger charge is -2.31. The molecule has 0 aromatic heterocycles. The number of amidine groups is 1. The van der Waals surface area contributed by atoms with Gasteiger partial charge in [-0.15, -0.1) is 0 Å². The first-order valence-corrected chi connectivity index (χ1v) is 7.05. The molecule has 1 atom stereocenters.